The van der Waals surface area contributed by atoms with Crippen LogP contribution >= 0.6 is 0 Å². The van der Waals surface area contributed by atoms with Crippen LogP contribution in [0.3, 0.4) is 0 Å². The lowest BCUT2D eigenvalue weighted by Gasteiger charge is -2.17. The fourth-order valence-electron chi connectivity index (χ4n) is 5.70. The van der Waals surface area contributed by atoms with Crippen molar-refractivity contribution < 1.29 is 23.9 Å². The summed E-state index contributed by atoms with van der Waals surface area (Å²) < 4.78 is 5.21. The Morgan fingerprint density at radius 2 is 1.49 bits per heavy atom. The first-order chi connectivity index (χ1) is 16.9. The molecule has 180 valence electrons. The van der Waals surface area contributed by atoms with Gasteiger partial charge < -0.3 is 10.1 Å². The van der Waals surface area contributed by atoms with Crippen LogP contribution < -0.4 is 10.2 Å². The number of ether oxygens (including phenoxy) is 1. The van der Waals surface area contributed by atoms with E-state index < -0.39 is 18.5 Å². The second kappa shape index (κ2) is 9.13. The third kappa shape index (κ3) is 3.95. The van der Waals surface area contributed by atoms with Crippen LogP contribution in [0.5, 0.6) is 0 Å². The first kappa shape index (κ1) is 23.0. The van der Waals surface area contributed by atoms with Gasteiger partial charge in [0.15, 0.2) is 6.61 Å². The molecule has 1 saturated heterocycles. The van der Waals surface area contributed by atoms with Gasteiger partial charge in [0.05, 0.1) is 23.1 Å². The van der Waals surface area contributed by atoms with Gasteiger partial charge in [-0.05, 0) is 66.5 Å². The summed E-state index contributed by atoms with van der Waals surface area (Å²) in [6, 6.07) is 12.1. The first-order valence-corrected chi connectivity index (χ1v) is 12.2. The molecule has 7 nitrogen and oxygen atoms in total. The lowest BCUT2D eigenvalue weighted by atomic mass is 9.85. The predicted molar refractivity (Wildman–Crippen MR) is 131 cm³/mol. The molecule has 4 atom stereocenters. The molecule has 1 N–H and O–H groups in total. The summed E-state index contributed by atoms with van der Waals surface area (Å²) >= 11 is 0. The van der Waals surface area contributed by atoms with E-state index in [2.05, 4.69) is 17.5 Å². The predicted octanol–water partition coefficient (Wildman–Crippen LogP) is 3.92. The molecule has 2 fully saturated rings. The number of carbonyl (C=O) groups excluding carboxylic acids is 4. The summed E-state index contributed by atoms with van der Waals surface area (Å²) in [4.78, 5) is 52.1. The SMILES string of the molecule is CCc1cccc(CC)c1NC(=O)COC(=O)c1ccc(N2C(=O)[C@@H]3[C@@H](C2=O)[C@H]2C=C[C@H]3C2)cc1. The highest BCUT2D eigenvalue weighted by atomic mass is 16.5. The van der Waals surface area contributed by atoms with E-state index in [-0.39, 0.29) is 41.0 Å². The summed E-state index contributed by atoms with van der Waals surface area (Å²) in [5.74, 6) is -1.64. The third-order valence-electron chi connectivity index (χ3n) is 7.43. The van der Waals surface area contributed by atoms with Crippen LogP contribution in [-0.2, 0) is 32.0 Å². The second-order valence-electron chi connectivity index (χ2n) is 9.34. The van der Waals surface area contributed by atoms with Crippen molar-refractivity contribution >= 4 is 35.1 Å². The number of fused-ring (bicyclic) bond motifs is 5. The van der Waals surface area contributed by atoms with Gasteiger partial charge in [0.25, 0.3) is 5.91 Å². The van der Waals surface area contributed by atoms with Crippen LogP contribution in [0.2, 0.25) is 0 Å². The number of benzene rings is 2. The third-order valence-corrected chi connectivity index (χ3v) is 7.43. The highest BCUT2D eigenvalue weighted by Gasteiger charge is 2.59. The van der Waals surface area contributed by atoms with Crippen LogP contribution in [0.1, 0.15) is 41.8 Å². The Morgan fingerprint density at radius 3 is 2.03 bits per heavy atom. The van der Waals surface area contributed by atoms with Crippen molar-refractivity contribution in [3.05, 3.63) is 71.3 Å². The van der Waals surface area contributed by atoms with Crippen molar-refractivity contribution in [1.29, 1.82) is 0 Å². The summed E-state index contributed by atoms with van der Waals surface area (Å²) in [5.41, 5.74) is 3.52. The maximum absolute atomic E-state index is 13.0. The second-order valence-corrected chi connectivity index (χ2v) is 9.34. The van der Waals surface area contributed by atoms with E-state index in [1.54, 1.807) is 12.1 Å². The zero-order valence-corrected chi connectivity index (χ0v) is 19.8. The van der Waals surface area contributed by atoms with E-state index in [0.717, 1.165) is 36.1 Å². The number of para-hydroxylation sites is 1. The van der Waals surface area contributed by atoms with E-state index in [1.165, 1.54) is 17.0 Å². The molecule has 3 aliphatic rings. The molecule has 0 radical (unpaired) electrons. The first-order valence-electron chi connectivity index (χ1n) is 12.2. The Labute approximate surface area is 204 Å². The molecule has 1 heterocycles. The number of carbonyl (C=O) groups is 4. The molecule has 1 saturated carbocycles. The summed E-state index contributed by atoms with van der Waals surface area (Å²) in [6.45, 7) is 3.62. The maximum atomic E-state index is 13.0. The normalized spacial score (nSPS) is 24.1. The molecule has 0 aromatic heterocycles. The van der Waals surface area contributed by atoms with E-state index >= 15 is 0 Å². The van der Waals surface area contributed by atoms with Crippen LogP contribution in [0.25, 0.3) is 0 Å². The molecule has 2 aromatic carbocycles. The van der Waals surface area contributed by atoms with Crippen molar-refractivity contribution in [3.8, 4) is 0 Å². The van der Waals surface area contributed by atoms with Gasteiger partial charge in [0.1, 0.15) is 0 Å². The van der Waals surface area contributed by atoms with Gasteiger partial charge in [-0.1, -0.05) is 44.2 Å². The average molecular weight is 473 g/mol. The van der Waals surface area contributed by atoms with Crippen molar-refractivity contribution in [3.63, 3.8) is 0 Å². The van der Waals surface area contributed by atoms with Crippen LogP contribution in [-0.4, -0.2) is 30.3 Å². The Bertz CT molecular complexity index is 1180. The van der Waals surface area contributed by atoms with Gasteiger partial charge in [0.2, 0.25) is 11.8 Å². The molecule has 1 aliphatic heterocycles. The number of hydrogen-bond acceptors (Lipinski definition) is 5. The highest BCUT2D eigenvalue weighted by Crippen LogP contribution is 2.53. The van der Waals surface area contributed by atoms with E-state index in [9.17, 15) is 19.2 Å². The minimum absolute atomic E-state index is 0.143. The number of nitrogens with one attached hydrogen (secondary N) is 1. The quantitative estimate of drug-likeness (QED) is 0.375. The fraction of sp³-hybridized carbons (Fsp3) is 0.357. The molecular formula is C28H28N2O5. The number of aryl methyl sites for hydroxylation is 2. The van der Waals surface area contributed by atoms with Crippen molar-refractivity contribution in [1.82, 2.24) is 0 Å². The standard InChI is InChI=1S/C28H28N2O5/c1-3-16-6-5-7-17(4-2)25(16)29-22(31)15-35-28(34)18-10-12-21(13-11-18)30-26(32)23-19-8-9-20(14-19)24(23)27(30)33/h5-13,19-20,23-24H,3-4,14-15H2,1-2H3,(H,29,31)/t19-,20-,23-,24-/m0/s1. The van der Waals surface area contributed by atoms with Crippen LogP contribution in [0, 0.1) is 23.7 Å². The van der Waals surface area contributed by atoms with Gasteiger partial charge in [-0.2, -0.15) is 0 Å². The largest absolute Gasteiger partial charge is 0.452 e. The minimum Gasteiger partial charge on any atom is -0.452 e. The van der Waals surface area contributed by atoms with Crippen molar-refractivity contribution in [2.45, 2.75) is 33.1 Å². The zero-order chi connectivity index (χ0) is 24.7. The summed E-state index contributed by atoms with van der Waals surface area (Å²) in [5, 5.41) is 2.87. The number of imide groups is 1. The molecule has 7 heteroatoms. The van der Waals surface area contributed by atoms with Crippen molar-refractivity contribution in [2.24, 2.45) is 23.7 Å². The van der Waals surface area contributed by atoms with Gasteiger partial charge in [0, 0.05) is 5.69 Å². The van der Waals surface area contributed by atoms with Gasteiger partial charge in [-0.3, -0.25) is 19.3 Å². The van der Waals surface area contributed by atoms with E-state index in [4.69, 9.17) is 4.74 Å². The number of amides is 3. The lowest BCUT2D eigenvalue weighted by molar-refractivity contribution is -0.123. The number of hydrogen-bond donors (Lipinski definition) is 1. The monoisotopic (exact) mass is 472 g/mol. The molecule has 2 bridgehead atoms. The molecular weight excluding hydrogens is 444 g/mol. The van der Waals surface area contributed by atoms with Crippen molar-refractivity contribution in [2.75, 3.05) is 16.8 Å². The average Bonchev–Trinajstić information content (AvgIpc) is 3.56. The van der Waals surface area contributed by atoms with Gasteiger partial charge in [-0.25, -0.2) is 4.79 Å². The van der Waals surface area contributed by atoms with Gasteiger partial charge >= 0.3 is 5.97 Å². The van der Waals surface area contributed by atoms with E-state index in [1.807, 2.05) is 32.0 Å². The Morgan fingerprint density at radius 1 is 0.914 bits per heavy atom. The number of esters is 1. The Kier molecular flexibility index (Phi) is 6.01. The lowest BCUT2D eigenvalue weighted by Crippen LogP contribution is -2.32. The number of allylic oxidation sites excluding steroid dienone is 2. The highest BCUT2D eigenvalue weighted by molar-refractivity contribution is 6.22. The molecule has 2 aliphatic carbocycles. The zero-order valence-electron chi connectivity index (χ0n) is 19.8. The Hall–Kier alpha value is -3.74. The molecule has 35 heavy (non-hydrogen) atoms. The molecule has 3 amide bonds. The fourth-order valence-corrected chi connectivity index (χ4v) is 5.70. The Balaban J connectivity index is 1.21. The maximum Gasteiger partial charge on any atom is 0.338 e. The summed E-state index contributed by atoms with van der Waals surface area (Å²) in [6.07, 6.45) is 6.54. The minimum atomic E-state index is -0.649. The number of nitrogens with zero attached hydrogens (tertiary/aromatic N) is 1. The molecule has 5 rings (SSSR count). The van der Waals surface area contributed by atoms with E-state index in [0.29, 0.717) is 5.69 Å². The summed E-state index contributed by atoms with van der Waals surface area (Å²) in [7, 11) is 0. The van der Waals surface area contributed by atoms with Crippen LogP contribution in [0.4, 0.5) is 11.4 Å². The number of anilines is 2. The molecule has 0 unspecified atom stereocenters. The van der Waals surface area contributed by atoms with Gasteiger partial charge in [-0.15, -0.1) is 0 Å². The number of rotatable bonds is 7. The smallest absolute Gasteiger partial charge is 0.338 e. The van der Waals surface area contributed by atoms with Crippen LogP contribution in [0.15, 0.2) is 54.6 Å². The topological polar surface area (TPSA) is 92.8 Å². The molecule has 0 spiro atoms. The molecule has 2 aromatic rings.